The molecule has 3 aromatic carbocycles. The highest BCUT2D eigenvalue weighted by atomic mass is 79.9. The summed E-state index contributed by atoms with van der Waals surface area (Å²) in [6.07, 6.45) is 0. The summed E-state index contributed by atoms with van der Waals surface area (Å²) in [6.45, 7) is 8.05. The van der Waals surface area contributed by atoms with Crippen LogP contribution in [-0.4, -0.2) is 15.9 Å². The number of aromatic hydroxyl groups is 1. The number of aliphatic imine (C=N–C) groups is 1. The van der Waals surface area contributed by atoms with Gasteiger partial charge in [-0.05, 0) is 71.5 Å². The lowest BCUT2D eigenvalue weighted by Gasteiger charge is -2.15. The number of nitro benzene ring substituents is 1. The number of hydrogen-bond acceptors (Lipinski definition) is 5. The number of azo groups is 1. The molecule has 0 heterocycles. The summed E-state index contributed by atoms with van der Waals surface area (Å²) in [5.41, 5.74) is 3.46. The van der Waals surface area contributed by atoms with Crippen LogP contribution in [0.3, 0.4) is 0 Å². The van der Waals surface area contributed by atoms with Gasteiger partial charge in [0.15, 0.2) is 5.84 Å². The van der Waals surface area contributed by atoms with Gasteiger partial charge in [-0.3, -0.25) is 10.1 Å². The molecule has 8 heteroatoms. The number of phenolic OH excluding ortho intramolecular Hbond substituents is 1. The van der Waals surface area contributed by atoms with Gasteiger partial charge in [0.25, 0.3) is 5.69 Å². The predicted molar refractivity (Wildman–Crippen MR) is 134 cm³/mol. The molecule has 0 spiro atoms. The molecule has 0 aliphatic carbocycles. The Hall–Kier alpha value is -3.39. The van der Waals surface area contributed by atoms with E-state index in [0.717, 1.165) is 15.6 Å². The van der Waals surface area contributed by atoms with Crippen molar-refractivity contribution in [3.05, 3.63) is 91.9 Å². The molecule has 0 amide bonds. The SMILES string of the molecule is CC(C)c1cc(N=NC(=Nc2ccc(Br)cc2)c2ccc([N+](=O)[O-])cc2)cc(C(C)C)c1O. The lowest BCUT2D eigenvalue weighted by Crippen LogP contribution is -1.98. The van der Waals surface area contributed by atoms with Gasteiger partial charge >= 0.3 is 0 Å². The second kappa shape index (κ2) is 10.5. The van der Waals surface area contributed by atoms with Crippen molar-refractivity contribution in [1.29, 1.82) is 0 Å². The Morgan fingerprint density at radius 1 is 0.909 bits per heavy atom. The number of nitrogens with zero attached hydrogens (tertiary/aromatic N) is 4. The van der Waals surface area contributed by atoms with Crippen LogP contribution in [0, 0.1) is 10.1 Å². The molecule has 0 atom stereocenters. The highest BCUT2D eigenvalue weighted by molar-refractivity contribution is 9.10. The van der Waals surface area contributed by atoms with Gasteiger partial charge < -0.3 is 5.11 Å². The maximum atomic E-state index is 11.0. The third kappa shape index (κ3) is 6.10. The molecule has 3 rings (SSSR count). The summed E-state index contributed by atoms with van der Waals surface area (Å²) in [6, 6.07) is 17.1. The van der Waals surface area contributed by atoms with E-state index in [1.54, 1.807) is 12.1 Å². The Morgan fingerprint density at radius 3 is 1.94 bits per heavy atom. The van der Waals surface area contributed by atoms with Crippen LogP contribution in [0.15, 0.2) is 80.4 Å². The zero-order valence-electron chi connectivity index (χ0n) is 18.9. The van der Waals surface area contributed by atoms with Crippen LogP contribution in [-0.2, 0) is 0 Å². The number of benzene rings is 3. The van der Waals surface area contributed by atoms with Crippen molar-refractivity contribution >= 4 is 38.8 Å². The van der Waals surface area contributed by atoms with Crippen LogP contribution in [0.5, 0.6) is 5.75 Å². The molecule has 3 aromatic rings. The largest absolute Gasteiger partial charge is 0.507 e. The molecule has 1 N–H and O–H groups in total. The normalized spacial score (nSPS) is 12.2. The number of halogens is 1. The van der Waals surface area contributed by atoms with Crippen molar-refractivity contribution in [2.24, 2.45) is 15.2 Å². The van der Waals surface area contributed by atoms with Gasteiger partial charge in [-0.15, -0.1) is 10.2 Å². The van der Waals surface area contributed by atoms with Crippen molar-refractivity contribution in [2.75, 3.05) is 0 Å². The minimum atomic E-state index is -0.450. The molecule has 170 valence electrons. The third-order valence-corrected chi connectivity index (χ3v) is 5.58. The van der Waals surface area contributed by atoms with E-state index < -0.39 is 4.92 Å². The molecular weight excluding hydrogens is 484 g/mol. The maximum Gasteiger partial charge on any atom is 0.269 e. The number of phenols is 1. The maximum absolute atomic E-state index is 11.0. The molecule has 7 nitrogen and oxygen atoms in total. The molecule has 0 bridgehead atoms. The molecule has 0 saturated heterocycles. The average Bonchev–Trinajstić information content (AvgIpc) is 2.78. The quantitative estimate of drug-likeness (QED) is 0.119. The highest BCUT2D eigenvalue weighted by Crippen LogP contribution is 2.37. The number of rotatable bonds is 6. The average molecular weight is 509 g/mol. The van der Waals surface area contributed by atoms with E-state index in [0.29, 0.717) is 22.8 Å². The Kier molecular flexibility index (Phi) is 7.71. The molecular formula is C25H25BrN4O3. The lowest BCUT2D eigenvalue weighted by atomic mass is 9.93. The summed E-state index contributed by atoms with van der Waals surface area (Å²) in [5, 5.41) is 30.5. The van der Waals surface area contributed by atoms with Crippen LogP contribution in [0.2, 0.25) is 0 Å². The van der Waals surface area contributed by atoms with Crippen molar-refractivity contribution in [1.82, 2.24) is 0 Å². The summed E-state index contributed by atoms with van der Waals surface area (Å²) in [7, 11) is 0. The van der Waals surface area contributed by atoms with Crippen molar-refractivity contribution in [3.8, 4) is 5.75 Å². The summed E-state index contributed by atoms with van der Waals surface area (Å²) >= 11 is 3.41. The molecule has 0 aliphatic heterocycles. The minimum absolute atomic E-state index is 0.0136. The van der Waals surface area contributed by atoms with E-state index >= 15 is 0 Å². The summed E-state index contributed by atoms with van der Waals surface area (Å²) in [4.78, 5) is 15.2. The second-order valence-corrected chi connectivity index (χ2v) is 9.11. The number of nitro groups is 1. The first-order valence-electron chi connectivity index (χ1n) is 10.5. The van der Waals surface area contributed by atoms with Crippen LogP contribution in [0.4, 0.5) is 17.1 Å². The van der Waals surface area contributed by atoms with Crippen molar-refractivity contribution in [3.63, 3.8) is 0 Å². The summed E-state index contributed by atoms with van der Waals surface area (Å²) < 4.78 is 0.923. The van der Waals surface area contributed by atoms with E-state index in [-0.39, 0.29) is 23.3 Å². The molecule has 0 fully saturated rings. The second-order valence-electron chi connectivity index (χ2n) is 8.20. The van der Waals surface area contributed by atoms with E-state index in [9.17, 15) is 15.2 Å². The highest BCUT2D eigenvalue weighted by Gasteiger charge is 2.15. The first kappa shape index (κ1) is 24.3. The zero-order chi connectivity index (χ0) is 24.1. The van der Waals surface area contributed by atoms with Gasteiger partial charge in [0, 0.05) is 22.2 Å². The third-order valence-electron chi connectivity index (χ3n) is 5.06. The van der Waals surface area contributed by atoms with Crippen LogP contribution in [0.1, 0.15) is 56.2 Å². The van der Waals surface area contributed by atoms with Gasteiger partial charge in [-0.1, -0.05) is 43.6 Å². The first-order valence-corrected chi connectivity index (χ1v) is 11.3. The van der Waals surface area contributed by atoms with Gasteiger partial charge in [0.1, 0.15) is 5.75 Å². The van der Waals surface area contributed by atoms with E-state index in [2.05, 4.69) is 31.2 Å². The summed E-state index contributed by atoms with van der Waals surface area (Å²) in [5.74, 6) is 0.835. The van der Waals surface area contributed by atoms with E-state index in [1.165, 1.54) is 12.1 Å². The molecule has 0 unspecified atom stereocenters. The van der Waals surface area contributed by atoms with E-state index in [1.807, 2.05) is 64.1 Å². The fraction of sp³-hybridized carbons (Fsp3) is 0.240. The Bertz CT molecular complexity index is 1170. The number of amidine groups is 1. The standard InChI is InChI=1S/C25H25BrN4O3/c1-15(2)22-13-20(14-23(16(3)4)24(22)31)28-29-25(27-19-9-7-18(26)8-10-19)17-5-11-21(12-6-17)30(32)33/h5-16,31H,1-4H3. The number of hydrogen-bond donors (Lipinski definition) is 1. The monoisotopic (exact) mass is 508 g/mol. The molecule has 0 saturated carbocycles. The fourth-order valence-corrected chi connectivity index (χ4v) is 3.49. The first-order chi connectivity index (χ1) is 15.7. The Labute approximate surface area is 201 Å². The van der Waals surface area contributed by atoms with Crippen LogP contribution in [0.25, 0.3) is 0 Å². The molecule has 0 radical (unpaired) electrons. The Morgan fingerprint density at radius 2 is 1.45 bits per heavy atom. The lowest BCUT2D eigenvalue weighted by molar-refractivity contribution is -0.384. The van der Waals surface area contributed by atoms with Crippen molar-refractivity contribution < 1.29 is 10.0 Å². The fourth-order valence-electron chi connectivity index (χ4n) is 3.22. The minimum Gasteiger partial charge on any atom is -0.507 e. The molecule has 33 heavy (non-hydrogen) atoms. The van der Waals surface area contributed by atoms with Gasteiger partial charge in [0.2, 0.25) is 0 Å². The zero-order valence-corrected chi connectivity index (χ0v) is 20.4. The molecule has 0 aliphatic rings. The van der Waals surface area contributed by atoms with Gasteiger partial charge in [0.05, 0.1) is 16.3 Å². The van der Waals surface area contributed by atoms with Crippen LogP contribution < -0.4 is 0 Å². The van der Waals surface area contributed by atoms with Gasteiger partial charge in [-0.2, -0.15) is 0 Å². The smallest absolute Gasteiger partial charge is 0.269 e. The van der Waals surface area contributed by atoms with Crippen LogP contribution >= 0.6 is 15.9 Å². The van der Waals surface area contributed by atoms with Gasteiger partial charge in [-0.25, -0.2) is 4.99 Å². The Balaban J connectivity index is 2.08. The number of non-ortho nitro benzene ring substituents is 1. The topological polar surface area (TPSA) is 100 Å². The molecule has 0 aromatic heterocycles. The van der Waals surface area contributed by atoms with Crippen molar-refractivity contribution in [2.45, 2.75) is 39.5 Å². The van der Waals surface area contributed by atoms with E-state index in [4.69, 9.17) is 0 Å². The predicted octanol–water partition coefficient (Wildman–Crippen LogP) is 8.17.